The Labute approximate surface area is 65.0 Å². The van der Waals surface area contributed by atoms with E-state index >= 15 is 0 Å². The Morgan fingerprint density at radius 2 is 2.30 bits per heavy atom. The molecule has 0 aromatic carbocycles. The second kappa shape index (κ2) is 2.88. The van der Waals surface area contributed by atoms with Crippen molar-refractivity contribution in [3.8, 4) is 0 Å². The maximum absolute atomic E-state index is 5.63. The molecule has 3 heteroatoms. The van der Waals surface area contributed by atoms with Gasteiger partial charge in [-0.1, -0.05) is 0 Å². The Morgan fingerprint density at radius 3 is 2.70 bits per heavy atom. The summed E-state index contributed by atoms with van der Waals surface area (Å²) in [6.45, 7) is 1.95. The van der Waals surface area contributed by atoms with E-state index in [1.165, 1.54) is 0 Å². The number of nitrogen functional groups attached to an aromatic ring is 1. The number of nitrogens with two attached hydrogens (primary N) is 1. The lowest BCUT2D eigenvalue weighted by molar-refractivity contribution is 1.20. The van der Waals surface area contributed by atoms with Gasteiger partial charge in [0.05, 0.1) is 11.9 Å². The van der Waals surface area contributed by atoms with Crippen molar-refractivity contribution in [2.45, 2.75) is 12.8 Å². The number of nitrogens with zero attached hydrogens (tertiary/aromatic N) is 1. The average molecular weight is 157 g/mol. The quantitative estimate of drug-likeness (QED) is 0.629. The molecule has 0 bridgehead atoms. The molecular formula is C7H9ClN2. The number of hydrogen-bond acceptors (Lipinski definition) is 2. The van der Waals surface area contributed by atoms with Crippen molar-refractivity contribution in [1.82, 2.24) is 4.98 Å². The summed E-state index contributed by atoms with van der Waals surface area (Å²) in [6, 6.07) is 0. The van der Waals surface area contributed by atoms with Crippen LogP contribution in [0.25, 0.3) is 0 Å². The van der Waals surface area contributed by atoms with Gasteiger partial charge in [0.2, 0.25) is 0 Å². The van der Waals surface area contributed by atoms with Gasteiger partial charge in [-0.25, -0.2) is 0 Å². The van der Waals surface area contributed by atoms with Crippen LogP contribution in [-0.4, -0.2) is 4.98 Å². The second-order valence-corrected chi connectivity index (χ2v) is 2.43. The zero-order valence-electron chi connectivity index (χ0n) is 5.76. The molecule has 2 nitrogen and oxygen atoms in total. The molecule has 1 aromatic heterocycles. The number of anilines is 1. The molecule has 1 heterocycles. The monoisotopic (exact) mass is 156 g/mol. The lowest BCUT2D eigenvalue weighted by Gasteiger charge is -2.02. The Hall–Kier alpha value is -0.760. The van der Waals surface area contributed by atoms with E-state index in [1.54, 1.807) is 12.4 Å². The second-order valence-electron chi connectivity index (χ2n) is 2.16. The molecule has 1 rings (SSSR count). The fourth-order valence-corrected chi connectivity index (χ4v) is 1.16. The molecule has 2 N–H and O–H groups in total. The standard InChI is InChI=1S/C7H9ClN2/c1-5-3-10-4-7(9)6(5)2-8/h3-4H,2,9H2,1H3. The third-order valence-electron chi connectivity index (χ3n) is 1.44. The van der Waals surface area contributed by atoms with Crippen molar-refractivity contribution in [3.63, 3.8) is 0 Å². The SMILES string of the molecule is Cc1cncc(N)c1CCl. The Kier molecular flexibility index (Phi) is 2.12. The van der Waals surface area contributed by atoms with Gasteiger partial charge in [-0.2, -0.15) is 0 Å². The highest BCUT2D eigenvalue weighted by Gasteiger charge is 1.99. The highest BCUT2D eigenvalue weighted by Crippen LogP contribution is 2.15. The smallest absolute Gasteiger partial charge is 0.0548 e. The first kappa shape index (κ1) is 7.35. The number of aryl methyl sites for hydroxylation is 1. The molecule has 1 aromatic rings. The van der Waals surface area contributed by atoms with Gasteiger partial charge >= 0.3 is 0 Å². The largest absolute Gasteiger partial charge is 0.397 e. The molecule has 0 fully saturated rings. The number of rotatable bonds is 1. The highest BCUT2D eigenvalue weighted by atomic mass is 35.5. The molecule has 0 saturated carbocycles. The minimum Gasteiger partial charge on any atom is -0.397 e. The van der Waals surface area contributed by atoms with Crippen molar-refractivity contribution < 1.29 is 0 Å². The van der Waals surface area contributed by atoms with E-state index in [0.717, 1.165) is 11.1 Å². The van der Waals surface area contributed by atoms with E-state index in [1.807, 2.05) is 6.92 Å². The summed E-state index contributed by atoms with van der Waals surface area (Å²) >= 11 is 5.63. The van der Waals surface area contributed by atoms with Crippen LogP contribution in [0.5, 0.6) is 0 Å². The van der Waals surface area contributed by atoms with Gasteiger partial charge in [-0.15, -0.1) is 11.6 Å². The van der Waals surface area contributed by atoms with Crippen molar-refractivity contribution >= 4 is 17.3 Å². The molecule has 0 aliphatic heterocycles. The molecule has 0 saturated heterocycles. The van der Waals surface area contributed by atoms with E-state index in [2.05, 4.69) is 4.98 Å². The van der Waals surface area contributed by atoms with Crippen molar-refractivity contribution in [1.29, 1.82) is 0 Å². The van der Waals surface area contributed by atoms with Crippen LogP contribution in [-0.2, 0) is 5.88 Å². The van der Waals surface area contributed by atoms with Gasteiger partial charge in [-0.3, -0.25) is 4.98 Å². The molecule has 0 spiro atoms. The summed E-state index contributed by atoms with van der Waals surface area (Å²) in [5.41, 5.74) is 8.29. The average Bonchev–Trinajstić information content (AvgIpc) is 1.88. The summed E-state index contributed by atoms with van der Waals surface area (Å²) in [5.74, 6) is 0.459. The number of pyridine rings is 1. The topological polar surface area (TPSA) is 38.9 Å². The van der Waals surface area contributed by atoms with E-state index in [-0.39, 0.29) is 0 Å². The Balaban J connectivity index is 3.17. The first-order valence-corrected chi connectivity index (χ1v) is 3.54. The lowest BCUT2D eigenvalue weighted by atomic mass is 10.1. The maximum atomic E-state index is 5.63. The van der Waals surface area contributed by atoms with Gasteiger partial charge in [0.25, 0.3) is 0 Å². The molecule has 0 atom stereocenters. The molecule has 10 heavy (non-hydrogen) atoms. The summed E-state index contributed by atoms with van der Waals surface area (Å²) in [6.07, 6.45) is 3.37. The van der Waals surface area contributed by atoms with E-state index in [0.29, 0.717) is 11.6 Å². The normalized spacial score (nSPS) is 9.80. The molecule has 0 radical (unpaired) electrons. The molecule has 0 aliphatic rings. The summed E-state index contributed by atoms with van der Waals surface area (Å²) < 4.78 is 0. The molecule has 0 aliphatic carbocycles. The summed E-state index contributed by atoms with van der Waals surface area (Å²) in [7, 11) is 0. The van der Waals surface area contributed by atoms with Crippen LogP contribution >= 0.6 is 11.6 Å². The minimum atomic E-state index is 0.459. The van der Waals surface area contributed by atoms with E-state index in [4.69, 9.17) is 17.3 Å². The van der Waals surface area contributed by atoms with E-state index < -0.39 is 0 Å². The number of halogens is 1. The van der Waals surface area contributed by atoms with Crippen LogP contribution in [0.2, 0.25) is 0 Å². The highest BCUT2D eigenvalue weighted by molar-refractivity contribution is 6.17. The molecule has 0 unspecified atom stereocenters. The number of aromatic nitrogens is 1. The zero-order valence-corrected chi connectivity index (χ0v) is 6.52. The fourth-order valence-electron chi connectivity index (χ4n) is 0.795. The first-order valence-electron chi connectivity index (χ1n) is 3.00. The van der Waals surface area contributed by atoms with Gasteiger partial charge in [-0.05, 0) is 18.1 Å². The van der Waals surface area contributed by atoms with Crippen molar-refractivity contribution in [2.75, 3.05) is 5.73 Å². The van der Waals surface area contributed by atoms with Crippen LogP contribution in [0.15, 0.2) is 12.4 Å². The van der Waals surface area contributed by atoms with Gasteiger partial charge in [0, 0.05) is 12.1 Å². The molecular weight excluding hydrogens is 148 g/mol. The molecule has 0 amide bonds. The lowest BCUT2D eigenvalue weighted by Crippen LogP contribution is -1.95. The third kappa shape index (κ3) is 1.21. The summed E-state index contributed by atoms with van der Waals surface area (Å²) in [4.78, 5) is 3.91. The van der Waals surface area contributed by atoms with Crippen molar-refractivity contribution in [3.05, 3.63) is 23.5 Å². The van der Waals surface area contributed by atoms with Crippen LogP contribution in [0, 0.1) is 6.92 Å². The van der Waals surface area contributed by atoms with Crippen molar-refractivity contribution in [2.24, 2.45) is 0 Å². The van der Waals surface area contributed by atoms with Gasteiger partial charge in [0.1, 0.15) is 0 Å². The van der Waals surface area contributed by atoms with Crippen LogP contribution in [0.1, 0.15) is 11.1 Å². The molecule has 54 valence electrons. The minimum absolute atomic E-state index is 0.459. The Bertz CT molecular complexity index is 215. The maximum Gasteiger partial charge on any atom is 0.0548 e. The third-order valence-corrected chi connectivity index (χ3v) is 1.71. The summed E-state index contributed by atoms with van der Waals surface area (Å²) in [5, 5.41) is 0. The predicted molar refractivity (Wildman–Crippen MR) is 42.9 cm³/mol. The fraction of sp³-hybridized carbons (Fsp3) is 0.286. The zero-order chi connectivity index (χ0) is 7.56. The van der Waals surface area contributed by atoms with Crippen LogP contribution in [0.4, 0.5) is 5.69 Å². The van der Waals surface area contributed by atoms with Crippen LogP contribution < -0.4 is 5.73 Å². The van der Waals surface area contributed by atoms with Gasteiger partial charge < -0.3 is 5.73 Å². The number of alkyl halides is 1. The predicted octanol–water partition coefficient (Wildman–Crippen LogP) is 1.71. The number of hydrogen-bond donors (Lipinski definition) is 1. The first-order chi connectivity index (χ1) is 4.75. The van der Waals surface area contributed by atoms with E-state index in [9.17, 15) is 0 Å². The van der Waals surface area contributed by atoms with Crippen LogP contribution in [0.3, 0.4) is 0 Å². The Morgan fingerprint density at radius 1 is 1.60 bits per heavy atom. The van der Waals surface area contributed by atoms with Gasteiger partial charge in [0.15, 0.2) is 0 Å².